The van der Waals surface area contributed by atoms with Gasteiger partial charge in [0.2, 0.25) is 0 Å². The van der Waals surface area contributed by atoms with E-state index in [1.165, 1.54) is 25.1 Å². The molecular formula is C40H52O7. The van der Waals surface area contributed by atoms with Crippen LogP contribution in [0.1, 0.15) is 113 Å². The van der Waals surface area contributed by atoms with Gasteiger partial charge in [-0.3, -0.25) is 19.2 Å². The first kappa shape index (κ1) is 37.5. The number of hydrogen-bond donors (Lipinski definition) is 2. The van der Waals surface area contributed by atoms with E-state index in [9.17, 15) is 19.8 Å². The number of benzene rings is 1. The molecule has 0 radical (unpaired) electrons. The lowest BCUT2D eigenvalue weighted by molar-refractivity contribution is -0.178. The molecule has 2 saturated carbocycles. The fraction of sp³-hybridized carbons (Fsp3) is 0.500. The van der Waals surface area contributed by atoms with Crippen LogP contribution in [0.25, 0.3) is 5.76 Å². The summed E-state index contributed by atoms with van der Waals surface area (Å²) in [6.45, 7) is 18.9. The summed E-state index contributed by atoms with van der Waals surface area (Å²) in [7, 11) is 0. The van der Waals surface area contributed by atoms with Gasteiger partial charge in [0.15, 0.2) is 28.8 Å². The van der Waals surface area contributed by atoms with Crippen molar-refractivity contribution in [2.45, 2.75) is 108 Å². The van der Waals surface area contributed by atoms with Crippen LogP contribution in [0.4, 0.5) is 0 Å². The number of aliphatic hydroxyl groups excluding tert-OH is 1. The smallest absolute Gasteiger partial charge is 0.308 e. The number of aromatic hydroxyl groups is 1. The maximum absolute atomic E-state index is 15.3. The summed E-state index contributed by atoms with van der Waals surface area (Å²) in [5.41, 5.74) is -0.366. The van der Waals surface area contributed by atoms with Gasteiger partial charge >= 0.3 is 5.97 Å². The molecule has 0 unspecified atom stereocenters. The van der Waals surface area contributed by atoms with E-state index >= 15 is 9.59 Å². The number of hydrogen-bond acceptors (Lipinski definition) is 7. The summed E-state index contributed by atoms with van der Waals surface area (Å²) in [6, 6.07) is 3.81. The van der Waals surface area contributed by atoms with Crippen molar-refractivity contribution >= 4 is 29.1 Å². The number of allylic oxidation sites excluding steroid dienone is 9. The molecule has 1 aromatic carbocycles. The van der Waals surface area contributed by atoms with E-state index in [0.29, 0.717) is 19.3 Å². The molecule has 3 rings (SSSR count). The number of carbonyl (C=O) groups is 4. The van der Waals surface area contributed by atoms with Crippen molar-refractivity contribution in [3.05, 3.63) is 75.9 Å². The third kappa shape index (κ3) is 7.14. The lowest BCUT2D eigenvalue weighted by Crippen LogP contribution is -2.70. The highest BCUT2D eigenvalue weighted by Gasteiger charge is 2.74. The largest absolute Gasteiger partial charge is 0.506 e. The van der Waals surface area contributed by atoms with Gasteiger partial charge in [0.05, 0.1) is 5.41 Å². The average Bonchev–Trinajstić information content (AvgIpc) is 2.96. The van der Waals surface area contributed by atoms with Gasteiger partial charge in [-0.05, 0) is 123 Å². The van der Waals surface area contributed by atoms with Gasteiger partial charge in [-0.2, -0.15) is 0 Å². The van der Waals surface area contributed by atoms with Crippen LogP contribution in [0.15, 0.2) is 70.4 Å². The van der Waals surface area contributed by atoms with Crippen molar-refractivity contribution in [2.24, 2.45) is 22.2 Å². The fourth-order valence-corrected chi connectivity index (χ4v) is 7.35. The number of ether oxygens (including phenoxy) is 1. The highest BCUT2D eigenvalue weighted by Crippen LogP contribution is 2.67. The molecule has 47 heavy (non-hydrogen) atoms. The Kier molecular flexibility index (Phi) is 11.5. The first-order valence-electron chi connectivity index (χ1n) is 16.5. The zero-order chi connectivity index (χ0) is 35.5. The maximum atomic E-state index is 15.3. The van der Waals surface area contributed by atoms with E-state index in [4.69, 9.17) is 4.74 Å². The number of phenols is 1. The number of esters is 1. The summed E-state index contributed by atoms with van der Waals surface area (Å²) in [5.74, 6) is -3.78. The minimum atomic E-state index is -1.64. The summed E-state index contributed by atoms with van der Waals surface area (Å²) in [5, 5.41) is 22.2. The van der Waals surface area contributed by atoms with E-state index in [0.717, 1.165) is 22.3 Å². The van der Waals surface area contributed by atoms with Gasteiger partial charge in [0.25, 0.3) is 0 Å². The van der Waals surface area contributed by atoms with Crippen LogP contribution in [0.5, 0.6) is 11.5 Å². The van der Waals surface area contributed by atoms with Crippen LogP contribution in [-0.2, 0) is 19.2 Å². The van der Waals surface area contributed by atoms with Crippen LogP contribution in [0.2, 0.25) is 0 Å². The zero-order valence-corrected chi connectivity index (χ0v) is 29.8. The number of rotatable bonds is 11. The van der Waals surface area contributed by atoms with Gasteiger partial charge in [-0.1, -0.05) is 53.5 Å². The highest BCUT2D eigenvalue weighted by atomic mass is 16.5. The molecule has 4 atom stereocenters. The topological polar surface area (TPSA) is 118 Å². The van der Waals surface area contributed by atoms with E-state index in [2.05, 4.69) is 12.2 Å². The molecule has 0 amide bonds. The molecular weight excluding hydrogens is 592 g/mol. The Labute approximate surface area is 280 Å². The highest BCUT2D eigenvalue weighted by molar-refractivity contribution is 6.41. The normalized spacial score (nSPS) is 26.3. The summed E-state index contributed by atoms with van der Waals surface area (Å²) < 4.78 is 5.12. The summed E-state index contributed by atoms with van der Waals surface area (Å²) in [4.78, 5) is 57.1. The van der Waals surface area contributed by atoms with E-state index < -0.39 is 45.1 Å². The van der Waals surface area contributed by atoms with Gasteiger partial charge in [0, 0.05) is 12.5 Å². The van der Waals surface area contributed by atoms with Crippen molar-refractivity contribution < 1.29 is 34.1 Å². The van der Waals surface area contributed by atoms with Crippen LogP contribution in [0, 0.1) is 22.2 Å². The molecule has 0 spiro atoms. The van der Waals surface area contributed by atoms with Crippen LogP contribution >= 0.6 is 0 Å². The second-order valence-electron chi connectivity index (χ2n) is 14.6. The van der Waals surface area contributed by atoms with Crippen molar-refractivity contribution in [1.82, 2.24) is 0 Å². The Bertz CT molecular complexity index is 1600. The Balaban J connectivity index is 2.51. The zero-order valence-electron chi connectivity index (χ0n) is 29.8. The third-order valence-electron chi connectivity index (χ3n) is 10.00. The van der Waals surface area contributed by atoms with E-state index in [1.54, 1.807) is 0 Å². The molecule has 0 saturated heterocycles. The maximum Gasteiger partial charge on any atom is 0.308 e. The Morgan fingerprint density at radius 2 is 1.43 bits per heavy atom. The molecule has 2 aliphatic rings. The standard InChI is InChI=1S/C40H52O7/c1-24(2)12-11-19-38(10)30(15-13-25(3)4)23-39(20-17-26(5)6)35(44)33(36(45)40(38,37(39)46)21-18-27(7)8)34(43)29-14-16-31(42)32(22-29)47-28(9)41/h12-14,16-18,22,30,42-43H,11,15,19-21,23H2,1-10H3/b34-33+/t30-,38+,39-,40+/m1/s1. The molecule has 7 nitrogen and oxygen atoms in total. The first-order valence-corrected chi connectivity index (χ1v) is 16.5. The number of fused-ring (bicyclic) bond motifs is 2. The molecule has 2 bridgehead atoms. The van der Waals surface area contributed by atoms with Gasteiger partial charge < -0.3 is 14.9 Å². The quantitative estimate of drug-likeness (QED) is 0.0469. The lowest BCUT2D eigenvalue weighted by Gasteiger charge is -2.61. The summed E-state index contributed by atoms with van der Waals surface area (Å²) >= 11 is 0. The number of carbonyl (C=O) groups excluding carboxylic acids is 4. The second-order valence-corrected chi connectivity index (χ2v) is 14.6. The Hall–Kier alpha value is -4.00. The van der Waals surface area contributed by atoms with E-state index in [1.807, 2.05) is 74.5 Å². The Morgan fingerprint density at radius 3 is 1.98 bits per heavy atom. The fourth-order valence-electron chi connectivity index (χ4n) is 7.35. The SMILES string of the molecule is CC(=O)Oc1cc(/C(O)=C2/C(=O)[C@@]3(CC=C(C)C)C[C@@H](CC=C(C)C)[C@](C)(CCC=C(C)C)[C@@](CC=C(C)C)(C2=O)C3=O)ccc1O. The molecule has 2 fully saturated rings. The molecule has 7 heteroatoms. The Morgan fingerprint density at radius 1 is 0.851 bits per heavy atom. The number of aliphatic hydroxyl groups is 1. The minimum Gasteiger partial charge on any atom is -0.506 e. The molecule has 2 N–H and O–H groups in total. The van der Waals surface area contributed by atoms with Crippen molar-refractivity contribution in [3.63, 3.8) is 0 Å². The van der Waals surface area contributed by atoms with Gasteiger partial charge in [-0.15, -0.1) is 0 Å². The molecule has 0 aromatic heterocycles. The summed E-state index contributed by atoms with van der Waals surface area (Å²) in [6.07, 6.45) is 10.3. The monoisotopic (exact) mass is 644 g/mol. The van der Waals surface area contributed by atoms with Crippen LogP contribution in [-0.4, -0.2) is 33.5 Å². The molecule has 0 aliphatic heterocycles. The molecule has 0 heterocycles. The van der Waals surface area contributed by atoms with Crippen LogP contribution in [0.3, 0.4) is 0 Å². The second kappa shape index (κ2) is 14.4. The predicted molar refractivity (Wildman–Crippen MR) is 186 cm³/mol. The predicted octanol–water partition coefficient (Wildman–Crippen LogP) is 9.12. The van der Waals surface area contributed by atoms with Crippen molar-refractivity contribution in [2.75, 3.05) is 0 Å². The van der Waals surface area contributed by atoms with E-state index in [-0.39, 0.29) is 48.0 Å². The molecule has 254 valence electrons. The van der Waals surface area contributed by atoms with Crippen LogP contribution < -0.4 is 4.74 Å². The number of phenolic OH excluding ortho intramolecular Hbond substituents is 1. The van der Waals surface area contributed by atoms with Crippen molar-refractivity contribution in [1.29, 1.82) is 0 Å². The lowest BCUT2D eigenvalue weighted by atomic mass is 9.37. The first-order chi connectivity index (χ1) is 21.8. The number of Topliss-reactive ketones (excluding diaryl/α,β-unsaturated/α-hetero) is 3. The van der Waals surface area contributed by atoms with Gasteiger partial charge in [-0.25, -0.2) is 0 Å². The van der Waals surface area contributed by atoms with Gasteiger partial charge in [0.1, 0.15) is 16.7 Å². The number of ketones is 3. The molecule has 1 aromatic rings. The average molecular weight is 645 g/mol. The molecule has 2 aliphatic carbocycles. The third-order valence-corrected chi connectivity index (χ3v) is 10.00. The van der Waals surface area contributed by atoms with Crippen molar-refractivity contribution in [3.8, 4) is 11.5 Å². The minimum absolute atomic E-state index is 0.0187.